The first-order chi connectivity index (χ1) is 9.20. The van der Waals surface area contributed by atoms with Gasteiger partial charge in [0.15, 0.2) is 0 Å². The molecule has 0 saturated carbocycles. The van der Waals surface area contributed by atoms with E-state index < -0.39 is 10.0 Å². The van der Waals surface area contributed by atoms with Gasteiger partial charge < -0.3 is 11.1 Å². The van der Waals surface area contributed by atoms with E-state index in [0.717, 1.165) is 4.31 Å². The zero-order valence-electron chi connectivity index (χ0n) is 11.0. The van der Waals surface area contributed by atoms with Gasteiger partial charge in [0.1, 0.15) is 4.90 Å². The molecule has 0 aliphatic heterocycles. The number of nitrogens with two attached hydrogens (primary N) is 1. The Hall–Kier alpha value is -0.640. The minimum atomic E-state index is -3.85. The molecular formula is C11H15Br2N3O3S. The molecule has 0 fully saturated rings. The van der Waals surface area contributed by atoms with Gasteiger partial charge in [-0.15, -0.1) is 0 Å². The molecule has 0 atom stereocenters. The summed E-state index contributed by atoms with van der Waals surface area (Å²) in [6.45, 7) is 1.94. The van der Waals surface area contributed by atoms with Gasteiger partial charge in [0.25, 0.3) is 0 Å². The Morgan fingerprint density at radius 1 is 1.40 bits per heavy atom. The van der Waals surface area contributed by atoms with E-state index in [0.29, 0.717) is 15.5 Å². The van der Waals surface area contributed by atoms with Crippen LogP contribution in [0.15, 0.2) is 26.0 Å². The van der Waals surface area contributed by atoms with Crippen molar-refractivity contribution in [3.63, 3.8) is 0 Å². The van der Waals surface area contributed by atoms with E-state index in [-0.39, 0.29) is 23.0 Å². The van der Waals surface area contributed by atoms with Crippen molar-refractivity contribution in [2.45, 2.75) is 11.8 Å². The fourth-order valence-electron chi connectivity index (χ4n) is 1.55. The third-order valence-corrected chi connectivity index (χ3v) is 5.71. The molecule has 0 unspecified atom stereocenters. The predicted molar refractivity (Wildman–Crippen MR) is 84.8 cm³/mol. The van der Waals surface area contributed by atoms with Crippen LogP contribution in [0.3, 0.4) is 0 Å². The Bertz CT molecular complexity index is 596. The summed E-state index contributed by atoms with van der Waals surface area (Å²) >= 11 is 6.41. The number of carbonyl (C=O) groups is 1. The van der Waals surface area contributed by atoms with Crippen LogP contribution in [0.5, 0.6) is 0 Å². The summed E-state index contributed by atoms with van der Waals surface area (Å²) in [7, 11) is -2.52. The normalized spacial score (nSPS) is 11.7. The Kier molecular flexibility index (Phi) is 5.99. The zero-order chi connectivity index (χ0) is 15.5. The van der Waals surface area contributed by atoms with Crippen molar-refractivity contribution in [3.05, 3.63) is 21.1 Å². The number of rotatable bonds is 5. The Labute approximate surface area is 135 Å². The molecule has 1 rings (SSSR count). The highest BCUT2D eigenvalue weighted by molar-refractivity contribution is 9.11. The molecule has 6 nitrogen and oxygen atoms in total. The number of benzene rings is 1. The lowest BCUT2D eigenvalue weighted by Crippen LogP contribution is -2.38. The van der Waals surface area contributed by atoms with Crippen LogP contribution >= 0.6 is 31.9 Å². The summed E-state index contributed by atoms with van der Waals surface area (Å²) in [5.41, 5.74) is 5.87. The molecule has 1 aromatic carbocycles. The standard InChI is InChI=1S/C11H15Br2N3O3S/c1-3-15-10(17)6-16(2)20(18,19)11-8(13)4-7(12)5-9(11)14/h4-5H,3,6,14H2,1-2H3,(H,15,17). The van der Waals surface area contributed by atoms with E-state index in [1.807, 2.05) is 0 Å². The fourth-order valence-corrected chi connectivity index (χ4v) is 4.68. The number of amides is 1. The molecule has 1 aromatic rings. The number of hydrogen-bond donors (Lipinski definition) is 2. The third kappa shape index (κ3) is 3.94. The van der Waals surface area contributed by atoms with Crippen LogP contribution in [0, 0.1) is 0 Å². The Morgan fingerprint density at radius 3 is 2.50 bits per heavy atom. The number of carbonyl (C=O) groups excluding carboxylic acids is 1. The smallest absolute Gasteiger partial charge is 0.246 e. The van der Waals surface area contributed by atoms with Crippen molar-refractivity contribution in [3.8, 4) is 0 Å². The number of likely N-dealkylation sites (N-methyl/N-ethyl adjacent to an activating group) is 2. The highest BCUT2D eigenvalue weighted by Crippen LogP contribution is 2.33. The number of anilines is 1. The highest BCUT2D eigenvalue weighted by Gasteiger charge is 2.27. The van der Waals surface area contributed by atoms with E-state index in [4.69, 9.17) is 5.73 Å². The molecular weight excluding hydrogens is 414 g/mol. The van der Waals surface area contributed by atoms with Crippen LogP contribution in [0.1, 0.15) is 6.92 Å². The summed E-state index contributed by atoms with van der Waals surface area (Å²) < 4.78 is 26.9. The average molecular weight is 429 g/mol. The van der Waals surface area contributed by atoms with Crippen molar-refractivity contribution >= 4 is 53.5 Å². The fraction of sp³-hybridized carbons (Fsp3) is 0.364. The first-order valence-electron chi connectivity index (χ1n) is 5.67. The molecule has 112 valence electrons. The lowest BCUT2D eigenvalue weighted by atomic mass is 10.3. The second kappa shape index (κ2) is 6.88. The predicted octanol–water partition coefficient (Wildman–Crippen LogP) is 1.55. The number of nitrogen functional groups attached to an aromatic ring is 1. The molecule has 0 aromatic heterocycles. The van der Waals surface area contributed by atoms with Gasteiger partial charge in [0.2, 0.25) is 15.9 Å². The van der Waals surface area contributed by atoms with Crippen molar-refractivity contribution in [1.82, 2.24) is 9.62 Å². The van der Waals surface area contributed by atoms with Crippen molar-refractivity contribution < 1.29 is 13.2 Å². The monoisotopic (exact) mass is 427 g/mol. The molecule has 0 aliphatic rings. The van der Waals surface area contributed by atoms with Gasteiger partial charge in [-0.1, -0.05) is 15.9 Å². The van der Waals surface area contributed by atoms with Gasteiger partial charge in [0, 0.05) is 22.5 Å². The lowest BCUT2D eigenvalue weighted by molar-refractivity contribution is -0.121. The van der Waals surface area contributed by atoms with Crippen LogP contribution in [-0.2, 0) is 14.8 Å². The first-order valence-corrected chi connectivity index (χ1v) is 8.70. The summed E-state index contributed by atoms with van der Waals surface area (Å²) in [4.78, 5) is 11.4. The van der Waals surface area contributed by atoms with Gasteiger partial charge in [-0.25, -0.2) is 8.42 Å². The summed E-state index contributed by atoms with van der Waals surface area (Å²) in [6.07, 6.45) is 0. The maximum atomic E-state index is 12.4. The SMILES string of the molecule is CCNC(=O)CN(C)S(=O)(=O)c1c(N)cc(Br)cc1Br. The van der Waals surface area contributed by atoms with Gasteiger partial charge >= 0.3 is 0 Å². The second-order valence-electron chi connectivity index (χ2n) is 4.02. The third-order valence-electron chi connectivity index (χ3n) is 2.45. The maximum Gasteiger partial charge on any atom is 0.246 e. The van der Waals surface area contributed by atoms with E-state index in [1.54, 1.807) is 13.0 Å². The van der Waals surface area contributed by atoms with Crippen LogP contribution in [-0.4, -0.2) is 38.8 Å². The maximum absolute atomic E-state index is 12.4. The molecule has 0 aliphatic carbocycles. The summed E-state index contributed by atoms with van der Waals surface area (Å²) in [5.74, 6) is -0.370. The molecule has 20 heavy (non-hydrogen) atoms. The van der Waals surface area contributed by atoms with Gasteiger partial charge in [-0.3, -0.25) is 4.79 Å². The minimum Gasteiger partial charge on any atom is -0.398 e. The Balaban J connectivity index is 3.14. The van der Waals surface area contributed by atoms with Crippen LogP contribution in [0.4, 0.5) is 5.69 Å². The topological polar surface area (TPSA) is 92.5 Å². The quantitative estimate of drug-likeness (QED) is 0.696. The minimum absolute atomic E-state index is 0.0486. The zero-order valence-corrected chi connectivity index (χ0v) is 15.0. The van der Waals surface area contributed by atoms with Crippen molar-refractivity contribution in [2.75, 3.05) is 25.9 Å². The van der Waals surface area contributed by atoms with Crippen LogP contribution in [0.2, 0.25) is 0 Å². The molecule has 0 bridgehead atoms. The largest absolute Gasteiger partial charge is 0.398 e. The summed E-state index contributed by atoms with van der Waals surface area (Å²) in [5, 5.41) is 2.54. The second-order valence-corrected chi connectivity index (χ2v) is 7.77. The molecule has 0 spiro atoms. The van der Waals surface area contributed by atoms with Crippen LogP contribution < -0.4 is 11.1 Å². The molecule has 3 N–H and O–H groups in total. The van der Waals surface area contributed by atoms with E-state index in [2.05, 4.69) is 37.2 Å². The summed E-state index contributed by atoms with van der Waals surface area (Å²) in [6, 6.07) is 3.08. The van der Waals surface area contributed by atoms with E-state index in [9.17, 15) is 13.2 Å². The number of nitrogens with one attached hydrogen (secondary N) is 1. The van der Waals surface area contributed by atoms with E-state index >= 15 is 0 Å². The van der Waals surface area contributed by atoms with Crippen molar-refractivity contribution in [1.29, 1.82) is 0 Å². The van der Waals surface area contributed by atoms with Gasteiger partial charge in [-0.05, 0) is 35.0 Å². The van der Waals surface area contributed by atoms with E-state index in [1.165, 1.54) is 13.1 Å². The highest BCUT2D eigenvalue weighted by atomic mass is 79.9. The van der Waals surface area contributed by atoms with Gasteiger partial charge in [0.05, 0.1) is 12.2 Å². The number of halogens is 2. The van der Waals surface area contributed by atoms with Crippen molar-refractivity contribution in [2.24, 2.45) is 0 Å². The number of nitrogens with zero attached hydrogens (tertiary/aromatic N) is 1. The molecule has 0 saturated heterocycles. The average Bonchev–Trinajstić information content (AvgIpc) is 2.26. The molecule has 0 radical (unpaired) electrons. The first kappa shape index (κ1) is 17.4. The lowest BCUT2D eigenvalue weighted by Gasteiger charge is -2.19. The van der Waals surface area contributed by atoms with Crippen LogP contribution in [0.25, 0.3) is 0 Å². The number of hydrogen-bond acceptors (Lipinski definition) is 4. The number of sulfonamides is 1. The molecule has 9 heteroatoms. The molecule has 1 amide bonds. The van der Waals surface area contributed by atoms with Gasteiger partial charge in [-0.2, -0.15) is 4.31 Å². The Morgan fingerprint density at radius 2 is 2.00 bits per heavy atom. The molecule has 0 heterocycles.